The molecule has 4 nitrogen and oxygen atoms in total. The molecule has 0 aromatic carbocycles. The number of carbonyl (C=O) groups is 1. The molecular weight excluding hydrogens is 252 g/mol. The van der Waals surface area contributed by atoms with Gasteiger partial charge in [-0.3, -0.25) is 4.79 Å². The molecule has 4 heteroatoms. The van der Waals surface area contributed by atoms with Crippen molar-refractivity contribution in [2.75, 3.05) is 6.61 Å². The number of nitrogens with zero attached hydrogens (tertiary/aromatic N) is 1. The first kappa shape index (κ1) is 13.7. The summed E-state index contributed by atoms with van der Waals surface area (Å²) in [6.07, 6.45) is 4.74. The van der Waals surface area contributed by atoms with Crippen molar-refractivity contribution in [1.82, 2.24) is 4.90 Å². The first-order chi connectivity index (χ1) is 9.44. The highest BCUT2D eigenvalue weighted by atomic mass is 16.5. The summed E-state index contributed by atoms with van der Waals surface area (Å²) in [5, 5.41) is 0. The molecule has 1 spiro atoms. The minimum Gasteiger partial charge on any atom is -0.488 e. The van der Waals surface area contributed by atoms with E-state index in [2.05, 4.69) is 13.5 Å². The second-order valence-corrected chi connectivity index (χ2v) is 6.63. The lowest BCUT2D eigenvalue weighted by Gasteiger charge is -2.34. The number of amides is 1. The summed E-state index contributed by atoms with van der Waals surface area (Å²) in [5.41, 5.74) is 7.86. The lowest BCUT2D eigenvalue weighted by Crippen LogP contribution is -2.40. The Hall–Kier alpha value is -1.29. The van der Waals surface area contributed by atoms with Crippen LogP contribution < -0.4 is 5.73 Å². The van der Waals surface area contributed by atoms with Crippen LogP contribution in [0.2, 0.25) is 0 Å². The van der Waals surface area contributed by atoms with Crippen LogP contribution in [-0.2, 0) is 9.53 Å². The Kier molecular flexibility index (Phi) is 3.16. The average Bonchev–Trinajstić information content (AvgIpc) is 2.85. The molecule has 0 radical (unpaired) electrons. The Morgan fingerprint density at radius 2 is 2.05 bits per heavy atom. The van der Waals surface area contributed by atoms with Crippen molar-refractivity contribution in [2.45, 2.75) is 58.0 Å². The van der Waals surface area contributed by atoms with Crippen molar-refractivity contribution >= 4 is 5.91 Å². The molecule has 2 fully saturated rings. The molecule has 110 valence electrons. The van der Waals surface area contributed by atoms with Crippen molar-refractivity contribution < 1.29 is 9.53 Å². The molecule has 0 bridgehead atoms. The molecular formula is C16H24N2O2. The van der Waals surface area contributed by atoms with Crippen molar-refractivity contribution in [2.24, 2.45) is 11.1 Å². The molecule has 3 rings (SSSR count). The summed E-state index contributed by atoms with van der Waals surface area (Å²) < 4.78 is 5.50. The quantitative estimate of drug-likeness (QED) is 0.799. The van der Waals surface area contributed by atoms with Crippen molar-refractivity contribution in [3.63, 3.8) is 0 Å². The summed E-state index contributed by atoms with van der Waals surface area (Å²) in [6, 6.07) is 0.518. The van der Waals surface area contributed by atoms with Crippen molar-refractivity contribution in [3.8, 4) is 0 Å². The maximum atomic E-state index is 13.0. The molecule has 2 N–H and O–H groups in total. The molecule has 1 atom stereocenters. The summed E-state index contributed by atoms with van der Waals surface area (Å²) >= 11 is 0. The summed E-state index contributed by atoms with van der Waals surface area (Å²) in [6.45, 7) is 8.50. The number of rotatable bonds is 1. The van der Waals surface area contributed by atoms with Gasteiger partial charge in [0.1, 0.15) is 12.4 Å². The molecule has 2 aliphatic heterocycles. The number of nitrogens with two attached hydrogens (primary N) is 1. The van der Waals surface area contributed by atoms with Gasteiger partial charge in [-0.2, -0.15) is 0 Å². The van der Waals surface area contributed by atoms with Crippen molar-refractivity contribution in [1.29, 1.82) is 0 Å². The molecule has 20 heavy (non-hydrogen) atoms. The third-order valence-corrected chi connectivity index (χ3v) is 5.31. The van der Waals surface area contributed by atoms with Gasteiger partial charge < -0.3 is 15.4 Å². The van der Waals surface area contributed by atoms with Gasteiger partial charge in [-0.1, -0.05) is 6.58 Å². The van der Waals surface area contributed by atoms with Crippen LogP contribution in [0.3, 0.4) is 0 Å². The monoisotopic (exact) mass is 276 g/mol. The summed E-state index contributed by atoms with van der Waals surface area (Å²) in [5.74, 6) is 0.983. The lowest BCUT2D eigenvalue weighted by molar-refractivity contribution is -0.136. The van der Waals surface area contributed by atoms with Gasteiger partial charge in [-0.05, 0) is 46.0 Å². The zero-order valence-electron chi connectivity index (χ0n) is 12.4. The van der Waals surface area contributed by atoms with E-state index in [0.717, 1.165) is 43.4 Å². The summed E-state index contributed by atoms with van der Waals surface area (Å²) in [7, 11) is 0. The van der Waals surface area contributed by atoms with Gasteiger partial charge in [-0.15, -0.1) is 0 Å². The van der Waals surface area contributed by atoms with Gasteiger partial charge >= 0.3 is 0 Å². The van der Waals surface area contributed by atoms with Gasteiger partial charge in [0.15, 0.2) is 0 Å². The van der Waals surface area contributed by atoms with E-state index in [9.17, 15) is 4.79 Å². The molecule has 0 aromatic heterocycles. The van der Waals surface area contributed by atoms with Crippen LogP contribution in [-0.4, -0.2) is 29.5 Å². The first-order valence-corrected chi connectivity index (χ1v) is 7.56. The van der Waals surface area contributed by atoms with Crippen LogP contribution in [0.15, 0.2) is 23.6 Å². The molecule has 1 saturated heterocycles. The first-order valence-electron chi connectivity index (χ1n) is 7.56. The van der Waals surface area contributed by atoms with Gasteiger partial charge in [0, 0.05) is 17.7 Å². The summed E-state index contributed by atoms with van der Waals surface area (Å²) in [4.78, 5) is 15.0. The van der Waals surface area contributed by atoms with E-state index in [1.165, 1.54) is 0 Å². The predicted molar refractivity (Wildman–Crippen MR) is 77.6 cm³/mol. The Morgan fingerprint density at radius 1 is 1.40 bits per heavy atom. The Balaban J connectivity index is 1.88. The van der Waals surface area contributed by atoms with E-state index < -0.39 is 0 Å². The second kappa shape index (κ2) is 4.62. The van der Waals surface area contributed by atoms with E-state index in [1.807, 2.05) is 11.8 Å². The maximum Gasteiger partial charge on any atom is 0.233 e. The topological polar surface area (TPSA) is 55.6 Å². The number of hydrogen-bond donors (Lipinski definition) is 1. The van der Waals surface area contributed by atoms with E-state index >= 15 is 0 Å². The fourth-order valence-electron chi connectivity index (χ4n) is 3.98. The van der Waals surface area contributed by atoms with Crippen LogP contribution in [0.5, 0.6) is 0 Å². The normalized spacial score (nSPS) is 38.0. The van der Waals surface area contributed by atoms with Crippen LogP contribution in [0.1, 0.15) is 46.0 Å². The Labute approximate surface area is 120 Å². The van der Waals surface area contributed by atoms with E-state index in [-0.39, 0.29) is 23.4 Å². The van der Waals surface area contributed by atoms with E-state index in [4.69, 9.17) is 10.5 Å². The van der Waals surface area contributed by atoms with Crippen LogP contribution in [0, 0.1) is 5.41 Å². The van der Waals surface area contributed by atoms with Gasteiger partial charge in [-0.25, -0.2) is 0 Å². The van der Waals surface area contributed by atoms with Crippen molar-refractivity contribution in [3.05, 3.63) is 23.6 Å². The van der Waals surface area contributed by atoms with E-state index in [1.54, 1.807) is 0 Å². The number of carbonyl (C=O) groups excluding carboxylic acids is 1. The zero-order valence-corrected chi connectivity index (χ0v) is 12.4. The fourth-order valence-corrected chi connectivity index (χ4v) is 3.98. The molecule has 0 unspecified atom stereocenters. The molecule has 1 amide bonds. The highest BCUT2D eigenvalue weighted by molar-refractivity contribution is 5.87. The lowest BCUT2D eigenvalue weighted by atomic mass is 9.71. The number of ether oxygens (including phenoxy) is 1. The molecule has 2 heterocycles. The van der Waals surface area contributed by atoms with Crippen LogP contribution >= 0.6 is 0 Å². The average molecular weight is 276 g/mol. The van der Waals surface area contributed by atoms with Crippen LogP contribution in [0.4, 0.5) is 0 Å². The second-order valence-electron chi connectivity index (χ2n) is 6.63. The predicted octanol–water partition coefficient (Wildman–Crippen LogP) is 2.31. The molecule has 1 aliphatic carbocycles. The third-order valence-electron chi connectivity index (χ3n) is 5.31. The molecule has 1 saturated carbocycles. The van der Waals surface area contributed by atoms with Gasteiger partial charge in [0.05, 0.1) is 11.1 Å². The van der Waals surface area contributed by atoms with Gasteiger partial charge in [0.25, 0.3) is 0 Å². The highest BCUT2D eigenvalue weighted by Crippen LogP contribution is 2.49. The largest absolute Gasteiger partial charge is 0.488 e. The maximum absolute atomic E-state index is 13.0. The highest BCUT2D eigenvalue weighted by Gasteiger charge is 2.52. The standard InChI is InChI=1S/C16H24N2O2/c1-10-8-16(6-4-13(17)5-7-16)15(19)18(10)14-9-20-12(3)11(14)2/h10,13H,3-9,17H2,1-2H3/t10-,13?,16?/m0/s1. The smallest absolute Gasteiger partial charge is 0.233 e. The molecule has 0 aromatic rings. The third kappa shape index (κ3) is 1.89. The SMILES string of the molecule is C=C1OCC(N2C(=O)C3(CCC(N)CC3)C[C@@H]2C)=C1C. The van der Waals surface area contributed by atoms with Crippen LogP contribution in [0.25, 0.3) is 0 Å². The minimum absolute atomic E-state index is 0.174. The molecule has 3 aliphatic rings. The zero-order chi connectivity index (χ0) is 14.5. The number of allylic oxidation sites excluding steroid dienone is 1. The fraction of sp³-hybridized carbons (Fsp3) is 0.688. The van der Waals surface area contributed by atoms with Gasteiger partial charge in [0.2, 0.25) is 5.91 Å². The van der Waals surface area contributed by atoms with E-state index in [0.29, 0.717) is 12.4 Å². The minimum atomic E-state index is -0.174. The Morgan fingerprint density at radius 3 is 2.60 bits per heavy atom. The Bertz CT molecular complexity index is 487. The number of hydrogen-bond acceptors (Lipinski definition) is 3. The number of likely N-dealkylation sites (tertiary alicyclic amines) is 1.